The van der Waals surface area contributed by atoms with Crippen molar-refractivity contribution in [3.8, 4) is 0 Å². The normalized spacial score (nSPS) is 46.0. The van der Waals surface area contributed by atoms with Crippen molar-refractivity contribution in [2.24, 2.45) is 23.7 Å². The van der Waals surface area contributed by atoms with Gasteiger partial charge in [0.15, 0.2) is 0 Å². The number of allylic oxidation sites excluding steroid dienone is 2. The summed E-state index contributed by atoms with van der Waals surface area (Å²) in [5.74, 6) is 1.50. The fourth-order valence-corrected chi connectivity index (χ4v) is 2.70. The molecule has 1 heteroatoms. The van der Waals surface area contributed by atoms with Crippen molar-refractivity contribution in [3.63, 3.8) is 0 Å². The molecule has 0 amide bonds. The van der Waals surface area contributed by atoms with Gasteiger partial charge in [-0.1, -0.05) is 27.0 Å². The average Bonchev–Trinajstić information content (AvgIpc) is 2.33. The third-order valence-corrected chi connectivity index (χ3v) is 3.66. The van der Waals surface area contributed by atoms with Crippen LogP contribution in [0.2, 0.25) is 0 Å². The maximum atomic E-state index is 11.7. The summed E-state index contributed by atoms with van der Waals surface area (Å²) in [7, 11) is 0. The maximum Gasteiger partial charge on any atom is 0.148 e. The molecule has 1 nitrogen and oxygen atoms in total. The largest absolute Gasteiger partial charge is 0.298 e. The van der Waals surface area contributed by atoms with Crippen LogP contribution in [0.15, 0.2) is 24.3 Å². The number of fused-ring (bicyclic) bond motifs is 2. The molecule has 0 aromatic rings. The van der Waals surface area contributed by atoms with Gasteiger partial charge in [0.25, 0.3) is 0 Å². The molecule has 2 bridgehead atoms. The van der Waals surface area contributed by atoms with Gasteiger partial charge in [-0.15, -0.1) is 0 Å². The van der Waals surface area contributed by atoms with Crippen molar-refractivity contribution in [2.75, 3.05) is 0 Å². The second-order valence-electron chi connectivity index (χ2n) is 4.13. The number of rotatable bonds is 0. The second kappa shape index (κ2) is 2.09. The van der Waals surface area contributed by atoms with E-state index in [2.05, 4.69) is 27.0 Å². The van der Waals surface area contributed by atoms with E-state index in [0.29, 0.717) is 17.6 Å². The molecular weight excluding hydrogens is 148 g/mol. The number of Topliss-reactive ketones (excluding diaryl/α,β-unsaturated/α-hetero) is 1. The van der Waals surface area contributed by atoms with E-state index in [9.17, 15) is 4.79 Å². The highest BCUT2D eigenvalue weighted by Gasteiger charge is 2.54. The first kappa shape index (κ1) is 7.78. The fraction of sp³-hybridized carbons (Fsp3) is 0.545. The molecule has 2 aliphatic carbocycles. The van der Waals surface area contributed by atoms with Crippen molar-refractivity contribution < 1.29 is 4.79 Å². The smallest absolute Gasteiger partial charge is 0.148 e. The van der Waals surface area contributed by atoms with Crippen LogP contribution in [-0.4, -0.2) is 5.78 Å². The third kappa shape index (κ3) is 0.626. The van der Waals surface area contributed by atoms with E-state index in [0.717, 1.165) is 11.1 Å². The van der Waals surface area contributed by atoms with Gasteiger partial charge in [-0.2, -0.15) is 0 Å². The molecule has 0 N–H and O–H groups in total. The summed E-state index contributed by atoms with van der Waals surface area (Å²) >= 11 is 0. The topological polar surface area (TPSA) is 17.1 Å². The van der Waals surface area contributed by atoms with Gasteiger partial charge in [0.2, 0.25) is 0 Å². The summed E-state index contributed by atoms with van der Waals surface area (Å²) in [6, 6.07) is 0. The molecular formula is C11H14O. The monoisotopic (exact) mass is 162 g/mol. The van der Waals surface area contributed by atoms with Crippen LogP contribution < -0.4 is 0 Å². The van der Waals surface area contributed by atoms with Crippen LogP contribution >= 0.6 is 0 Å². The van der Waals surface area contributed by atoms with Gasteiger partial charge >= 0.3 is 0 Å². The van der Waals surface area contributed by atoms with E-state index >= 15 is 0 Å². The molecule has 0 aromatic heterocycles. The Morgan fingerprint density at radius 3 is 1.58 bits per heavy atom. The molecule has 0 spiro atoms. The first-order valence-corrected chi connectivity index (χ1v) is 4.47. The molecule has 0 aromatic carbocycles. The first-order chi connectivity index (χ1) is 5.55. The van der Waals surface area contributed by atoms with Crippen molar-refractivity contribution in [1.82, 2.24) is 0 Å². The average molecular weight is 162 g/mol. The highest BCUT2D eigenvalue weighted by Crippen LogP contribution is 2.53. The van der Waals surface area contributed by atoms with Crippen molar-refractivity contribution in [3.05, 3.63) is 24.3 Å². The first-order valence-electron chi connectivity index (χ1n) is 4.47. The highest BCUT2D eigenvalue weighted by atomic mass is 16.1. The summed E-state index contributed by atoms with van der Waals surface area (Å²) in [5.41, 5.74) is 1.99. The summed E-state index contributed by atoms with van der Waals surface area (Å²) in [6.45, 7) is 12.2. The van der Waals surface area contributed by atoms with E-state index in [1.54, 1.807) is 0 Å². The summed E-state index contributed by atoms with van der Waals surface area (Å²) in [5, 5.41) is 0. The summed E-state index contributed by atoms with van der Waals surface area (Å²) in [4.78, 5) is 11.7. The lowest BCUT2D eigenvalue weighted by Crippen LogP contribution is -2.19. The van der Waals surface area contributed by atoms with Crippen LogP contribution in [-0.2, 0) is 4.79 Å². The van der Waals surface area contributed by atoms with Crippen molar-refractivity contribution in [1.29, 1.82) is 0 Å². The number of hydrogen-bond acceptors (Lipinski definition) is 1. The molecule has 0 radical (unpaired) electrons. The van der Waals surface area contributed by atoms with Gasteiger partial charge in [0, 0.05) is 11.8 Å². The summed E-state index contributed by atoms with van der Waals surface area (Å²) in [6.07, 6.45) is 0. The zero-order valence-corrected chi connectivity index (χ0v) is 7.63. The Balaban J connectivity index is 2.49. The molecule has 12 heavy (non-hydrogen) atoms. The molecule has 0 aliphatic heterocycles. The van der Waals surface area contributed by atoms with Crippen LogP contribution in [0.1, 0.15) is 13.8 Å². The Morgan fingerprint density at radius 2 is 1.33 bits per heavy atom. The van der Waals surface area contributed by atoms with Gasteiger partial charge in [0.1, 0.15) is 5.78 Å². The zero-order chi connectivity index (χ0) is 9.04. The Labute approximate surface area is 73.2 Å². The van der Waals surface area contributed by atoms with Crippen LogP contribution in [0.25, 0.3) is 0 Å². The minimum absolute atomic E-state index is 0.0949. The molecule has 64 valence electrons. The Morgan fingerprint density at radius 1 is 1.00 bits per heavy atom. The lowest BCUT2D eigenvalue weighted by Gasteiger charge is -2.26. The summed E-state index contributed by atoms with van der Waals surface area (Å²) < 4.78 is 0. The standard InChI is InChI=1S/C11H14O/c1-5-6(2)10-8(4)7(3)9(5)11(10)12/h7-10H,1-2H2,3-4H3/t7?,8?,9-,10+. The Kier molecular flexibility index (Phi) is 1.36. The predicted molar refractivity (Wildman–Crippen MR) is 48.6 cm³/mol. The van der Waals surface area contributed by atoms with Crippen molar-refractivity contribution in [2.45, 2.75) is 13.8 Å². The van der Waals surface area contributed by atoms with E-state index in [-0.39, 0.29) is 11.8 Å². The number of ketones is 1. The molecule has 2 aliphatic rings. The lowest BCUT2D eigenvalue weighted by atomic mass is 9.77. The minimum Gasteiger partial charge on any atom is -0.298 e. The van der Waals surface area contributed by atoms with E-state index in [1.165, 1.54) is 0 Å². The molecule has 2 saturated carbocycles. The number of carbonyl (C=O) groups excluding carboxylic acids is 1. The van der Waals surface area contributed by atoms with E-state index in [4.69, 9.17) is 0 Å². The Hall–Kier alpha value is -0.850. The molecule has 0 heterocycles. The van der Waals surface area contributed by atoms with Gasteiger partial charge < -0.3 is 0 Å². The minimum atomic E-state index is 0.0949. The van der Waals surface area contributed by atoms with Crippen molar-refractivity contribution >= 4 is 5.78 Å². The molecule has 4 atom stereocenters. The molecule has 2 fully saturated rings. The van der Waals surface area contributed by atoms with E-state index < -0.39 is 0 Å². The lowest BCUT2D eigenvalue weighted by molar-refractivity contribution is -0.121. The Bertz CT molecular complexity index is 259. The zero-order valence-electron chi connectivity index (χ0n) is 7.63. The van der Waals surface area contributed by atoms with Gasteiger partial charge in [0.05, 0.1) is 0 Å². The number of carbonyl (C=O) groups is 1. The molecule has 0 saturated heterocycles. The van der Waals surface area contributed by atoms with Crippen LogP contribution in [0, 0.1) is 23.7 Å². The fourth-order valence-electron chi connectivity index (χ4n) is 2.70. The predicted octanol–water partition coefficient (Wildman–Crippen LogP) is 2.20. The number of hydrogen-bond donors (Lipinski definition) is 0. The van der Waals surface area contributed by atoms with Gasteiger partial charge in [-0.05, 0) is 23.0 Å². The maximum absolute atomic E-state index is 11.7. The molecule has 2 rings (SSSR count). The quantitative estimate of drug-likeness (QED) is 0.533. The van der Waals surface area contributed by atoms with Crippen LogP contribution in [0.4, 0.5) is 0 Å². The SMILES string of the molecule is C=C1C(=C)[C@H]2C(=O)[C@@H]1C(C)C2C. The van der Waals surface area contributed by atoms with E-state index in [1.807, 2.05) is 0 Å². The second-order valence-corrected chi connectivity index (χ2v) is 4.13. The van der Waals surface area contributed by atoms with Gasteiger partial charge in [-0.3, -0.25) is 4.79 Å². The highest BCUT2D eigenvalue weighted by molar-refractivity contribution is 5.97. The van der Waals surface area contributed by atoms with Gasteiger partial charge in [-0.25, -0.2) is 0 Å². The third-order valence-electron chi connectivity index (χ3n) is 3.66. The van der Waals surface area contributed by atoms with Crippen LogP contribution in [0.3, 0.4) is 0 Å². The molecule has 2 unspecified atom stereocenters. The van der Waals surface area contributed by atoms with Crippen LogP contribution in [0.5, 0.6) is 0 Å².